The summed E-state index contributed by atoms with van der Waals surface area (Å²) in [5, 5.41) is 6.12. The Labute approximate surface area is 213 Å². The van der Waals surface area contributed by atoms with E-state index in [1.54, 1.807) is 23.6 Å². The number of rotatable bonds is 9. The van der Waals surface area contributed by atoms with Gasteiger partial charge in [-0.15, -0.1) is 0 Å². The van der Waals surface area contributed by atoms with Crippen LogP contribution < -0.4 is 26.7 Å². The number of primary amides is 1. The molecule has 1 amide bonds. The minimum Gasteiger partial charge on any atom is -0.378 e. The van der Waals surface area contributed by atoms with E-state index in [9.17, 15) is 9.59 Å². The van der Waals surface area contributed by atoms with Crippen LogP contribution in [0.3, 0.4) is 0 Å². The molecule has 0 radical (unpaired) electrons. The average molecular weight is 512 g/mol. The number of amides is 1. The van der Waals surface area contributed by atoms with E-state index in [0.717, 1.165) is 18.4 Å². The molecule has 2 heterocycles. The van der Waals surface area contributed by atoms with Gasteiger partial charge in [-0.05, 0) is 25.5 Å². The molecule has 8 nitrogen and oxygen atoms in total. The monoisotopic (exact) mass is 511 g/mol. The normalized spacial score (nSPS) is 19.5. The molecule has 4 N–H and O–H groups in total. The molecular weight excluding hydrogens is 480 g/mol. The number of aromatic nitrogens is 1. The molecule has 1 aromatic heterocycles. The van der Waals surface area contributed by atoms with E-state index in [1.807, 2.05) is 30.3 Å². The van der Waals surface area contributed by atoms with Crippen molar-refractivity contribution in [2.75, 3.05) is 37.5 Å². The highest BCUT2D eigenvalue weighted by Gasteiger charge is 2.38. The zero-order chi connectivity index (χ0) is 26.3. The van der Waals surface area contributed by atoms with Crippen LogP contribution in [-0.4, -0.2) is 49.9 Å². The summed E-state index contributed by atoms with van der Waals surface area (Å²) < 4.78 is 40.0. The lowest BCUT2D eigenvalue weighted by atomic mass is 10.0. The number of likely N-dealkylation sites (N-methyl/N-ethyl adjacent to an activating group) is 1. The molecule has 1 saturated carbocycles. The highest BCUT2D eigenvalue weighted by atomic mass is 19.1. The lowest BCUT2D eigenvalue weighted by Crippen LogP contribution is -2.37. The molecule has 3 aromatic rings. The molecule has 5 rings (SSSR count). The Morgan fingerprint density at radius 2 is 1.89 bits per heavy atom. The first-order chi connectivity index (χ1) is 17.8. The molecule has 2 aromatic carbocycles. The quantitative estimate of drug-likeness (QED) is 0.408. The predicted octanol–water partition coefficient (Wildman–Crippen LogP) is 2.68. The number of fused-ring (bicyclic) bond motifs is 1. The topological polar surface area (TPSA) is 102 Å². The number of methoxy groups -OCH3 is 1. The number of nitrogens with two attached hydrogens (primary N) is 1. The molecule has 196 valence electrons. The Kier molecular flexibility index (Phi) is 6.87. The predicted molar refractivity (Wildman–Crippen MR) is 139 cm³/mol. The van der Waals surface area contributed by atoms with E-state index < -0.39 is 23.0 Å². The molecule has 2 atom stereocenters. The van der Waals surface area contributed by atoms with E-state index in [0.29, 0.717) is 6.54 Å². The van der Waals surface area contributed by atoms with Gasteiger partial charge in [0.15, 0.2) is 17.1 Å². The van der Waals surface area contributed by atoms with Gasteiger partial charge in [-0.25, -0.2) is 8.78 Å². The van der Waals surface area contributed by atoms with Crippen LogP contribution in [0.15, 0.2) is 41.3 Å². The van der Waals surface area contributed by atoms with Crippen molar-refractivity contribution in [1.29, 1.82) is 0 Å². The first kappa shape index (κ1) is 25.2. The molecule has 0 bridgehead atoms. The third-order valence-electron chi connectivity index (χ3n) is 7.27. The maximum Gasteiger partial charge on any atom is 0.222 e. The smallest absolute Gasteiger partial charge is 0.222 e. The minimum atomic E-state index is -0.844. The first-order valence-corrected chi connectivity index (χ1v) is 12.4. The number of ether oxygens (including phenoxy) is 1. The Hall–Kier alpha value is -3.50. The second kappa shape index (κ2) is 10.1. The number of halogens is 2. The Balaban J connectivity index is 1.75. The fourth-order valence-corrected chi connectivity index (χ4v) is 5.24. The number of benzene rings is 2. The molecule has 1 saturated heterocycles. The fraction of sp³-hybridized carbons (Fsp3) is 0.407. The maximum atomic E-state index is 16.4. The largest absolute Gasteiger partial charge is 0.378 e. The van der Waals surface area contributed by atoms with Crippen LogP contribution in [0.2, 0.25) is 0 Å². The molecule has 0 spiro atoms. The fourth-order valence-electron chi connectivity index (χ4n) is 5.24. The van der Waals surface area contributed by atoms with E-state index in [-0.39, 0.29) is 65.5 Å². The van der Waals surface area contributed by atoms with Crippen molar-refractivity contribution in [3.63, 3.8) is 0 Å². The molecule has 2 aliphatic rings. The van der Waals surface area contributed by atoms with Gasteiger partial charge in [-0.1, -0.05) is 30.3 Å². The number of carbonyl (C=O) groups excluding carboxylic acids is 1. The van der Waals surface area contributed by atoms with Crippen LogP contribution in [0.1, 0.15) is 30.0 Å². The van der Waals surface area contributed by atoms with E-state index in [2.05, 4.69) is 10.6 Å². The molecule has 1 aliphatic heterocycles. The van der Waals surface area contributed by atoms with Crippen LogP contribution in [0, 0.1) is 11.6 Å². The summed E-state index contributed by atoms with van der Waals surface area (Å²) >= 11 is 0. The molecule has 0 unspecified atom stereocenters. The van der Waals surface area contributed by atoms with Gasteiger partial charge in [0, 0.05) is 44.5 Å². The zero-order valence-corrected chi connectivity index (χ0v) is 20.9. The second-order valence-corrected chi connectivity index (χ2v) is 9.75. The summed E-state index contributed by atoms with van der Waals surface area (Å²) in [6.07, 6.45) is 2.53. The van der Waals surface area contributed by atoms with Crippen LogP contribution in [0.25, 0.3) is 10.9 Å². The highest BCUT2D eigenvalue weighted by molar-refractivity contribution is 5.97. The SMILES string of the molecule is CN[C@H]1CN(c2c(F)c(NCc3ccccc3)c3c(=O)c(CC(N)=O)cn(C4CC4)c3c2F)C[C@H]1OC. The van der Waals surface area contributed by atoms with E-state index in [4.69, 9.17) is 10.5 Å². The van der Waals surface area contributed by atoms with Gasteiger partial charge in [0.1, 0.15) is 5.69 Å². The molecule has 1 aliphatic carbocycles. The van der Waals surface area contributed by atoms with Gasteiger partial charge in [0.05, 0.1) is 35.2 Å². The van der Waals surface area contributed by atoms with Gasteiger partial charge < -0.3 is 30.6 Å². The Bertz CT molecular complexity index is 1380. The van der Waals surface area contributed by atoms with Crippen molar-refractivity contribution in [2.24, 2.45) is 5.73 Å². The van der Waals surface area contributed by atoms with Gasteiger partial charge in [-0.2, -0.15) is 0 Å². The van der Waals surface area contributed by atoms with Crippen molar-refractivity contribution in [3.8, 4) is 0 Å². The number of nitrogens with one attached hydrogen (secondary N) is 2. The van der Waals surface area contributed by atoms with Crippen molar-refractivity contribution < 1.29 is 18.3 Å². The minimum absolute atomic E-state index is 0.0366. The summed E-state index contributed by atoms with van der Waals surface area (Å²) in [6, 6.07) is 9.18. The number of nitrogens with zero attached hydrogens (tertiary/aromatic N) is 2. The van der Waals surface area contributed by atoms with Crippen LogP contribution in [-0.2, 0) is 22.5 Å². The van der Waals surface area contributed by atoms with Crippen molar-refractivity contribution in [2.45, 2.75) is 44.0 Å². The zero-order valence-electron chi connectivity index (χ0n) is 20.9. The second-order valence-electron chi connectivity index (χ2n) is 9.75. The van der Waals surface area contributed by atoms with Crippen LogP contribution in [0.4, 0.5) is 20.2 Å². The standard InChI is InChI=1S/C27H31F2N5O3/c1-31-18-13-33(14-19(18)37-2)26-22(28)24(32-11-15-6-4-3-5-7-15)21-25(23(26)29)34(17-8-9-17)12-16(27(21)36)10-20(30)35/h3-7,12,17-19,31-32H,8-11,13-14H2,1-2H3,(H2,30,35)/t18-,19+/m0/s1. The highest BCUT2D eigenvalue weighted by Crippen LogP contribution is 2.43. The van der Waals surface area contributed by atoms with E-state index >= 15 is 8.78 Å². The molecule has 2 fully saturated rings. The number of hydrogen-bond acceptors (Lipinski definition) is 6. The third-order valence-corrected chi connectivity index (χ3v) is 7.27. The lowest BCUT2D eigenvalue weighted by Gasteiger charge is -2.25. The Morgan fingerprint density at radius 1 is 1.16 bits per heavy atom. The third kappa shape index (κ3) is 4.67. The summed E-state index contributed by atoms with van der Waals surface area (Å²) in [4.78, 5) is 26.9. The van der Waals surface area contributed by atoms with Gasteiger partial charge in [0.2, 0.25) is 5.91 Å². The van der Waals surface area contributed by atoms with Gasteiger partial charge in [0.25, 0.3) is 0 Å². The first-order valence-electron chi connectivity index (χ1n) is 12.4. The summed E-state index contributed by atoms with van der Waals surface area (Å²) in [6.45, 7) is 0.841. The van der Waals surface area contributed by atoms with Gasteiger partial charge >= 0.3 is 0 Å². The number of hydrogen-bond donors (Lipinski definition) is 3. The number of pyridine rings is 1. The van der Waals surface area contributed by atoms with E-state index in [1.165, 1.54) is 6.20 Å². The summed E-state index contributed by atoms with van der Waals surface area (Å²) in [7, 11) is 3.36. The van der Waals surface area contributed by atoms with Crippen molar-refractivity contribution >= 4 is 28.2 Å². The van der Waals surface area contributed by atoms with Crippen LogP contribution >= 0.6 is 0 Å². The molecule has 37 heavy (non-hydrogen) atoms. The summed E-state index contributed by atoms with van der Waals surface area (Å²) in [5.41, 5.74) is 5.54. The number of carbonyl (C=O) groups is 1. The van der Waals surface area contributed by atoms with Crippen molar-refractivity contribution in [1.82, 2.24) is 9.88 Å². The maximum absolute atomic E-state index is 16.4. The van der Waals surface area contributed by atoms with Gasteiger partial charge in [-0.3, -0.25) is 9.59 Å². The molecule has 10 heteroatoms. The molecular formula is C27H31F2N5O3. The average Bonchev–Trinajstić information content (AvgIpc) is 3.65. The Morgan fingerprint density at radius 3 is 2.49 bits per heavy atom. The number of anilines is 2. The summed E-state index contributed by atoms with van der Waals surface area (Å²) in [5.74, 6) is -2.32. The van der Waals surface area contributed by atoms with Crippen molar-refractivity contribution in [3.05, 3.63) is 69.5 Å². The lowest BCUT2D eigenvalue weighted by molar-refractivity contribution is -0.117. The van der Waals surface area contributed by atoms with Crippen LogP contribution in [0.5, 0.6) is 0 Å².